The Labute approximate surface area is 186 Å². The van der Waals surface area contributed by atoms with Crippen molar-refractivity contribution in [2.24, 2.45) is 0 Å². The van der Waals surface area contributed by atoms with E-state index in [1.54, 1.807) is 4.90 Å². The van der Waals surface area contributed by atoms with Gasteiger partial charge in [-0.1, -0.05) is 11.6 Å². The van der Waals surface area contributed by atoms with Crippen molar-refractivity contribution in [3.63, 3.8) is 0 Å². The predicted octanol–water partition coefficient (Wildman–Crippen LogP) is 4.80. The smallest absolute Gasteiger partial charge is 0.238 e. The molecular formula is C24H24ClN3O3. The quantitative estimate of drug-likeness (QED) is 0.576. The van der Waals surface area contributed by atoms with Crippen LogP contribution in [0.5, 0.6) is 0 Å². The number of likely N-dealkylation sites (N-methyl/N-ethyl adjacent to an activating group) is 1. The molecule has 1 aliphatic heterocycles. The lowest BCUT2D eigenvalue weighted by molar-refractivity contribution is -0.118. The van der Waals surface area contributed by atoms with Crippen LogP contribution in [0, 0.1) is 0 Å². The molecule has 4 rings (SSSR count). The van der Waals surface area contributed by atoms with Crippen molar-refractivity contribution in [3.05, 3.63) is 71.4 Å². The van der Waals surface area contributed by atoms with E-state index in [0.717, 1.165) is 35.7 Å². The zero-order valence-electron chi connectivity index (χ0n) is 17.3. The zero-order chi connectivity index (χ0) is 21.8. The van der Waals surface area contributed by atoms with E-state index < -0.39 is 0 Å². The fraction of sp³-hybridized carbons (Fsp3) is 0.250. The molecule has 0 bridgehead atoms. The molecule has 3 aromatic rings. The van der Waals surface area contributed by atoms with Gasteiger partial charge < -0.3 is 14.6 Å². The number of furan rings is 1. The first-order valence-electron chi connectivity index (χ1n) is 10.2. The van der Waals surface area contributed by atoms with Gasteiger partial charge in [0.15, 0.2) is 0 Å². The second-order valence-corrected chi connectivity index (χ2v) is 8.13. The molecule has 0 unspecified atom stereocenters. The molecule has 1 aliphatic rings. The number of anilines is 2. The maximum Gasteiger partial charge on any atom is 0.238 e. The number of halogens is 1. The highest BCUT2D eigenvalue weighted by atomic mass is 35.5. The van der Waals surface area contributed by atoms with Gasteiger partial charge in [0.05, 0.1) is 13.1 Å². The van der Waals surface area contributed by atoms with E-state index in [-0.39, 0.29) is 18.4 Å². The lowest BCUT2D eigenvalue weighted by atomic mass is 10.2. The fourth-order valence-electron chi connectivity index (χ4n) is 3.65. The lowest BCUT2D eigenvalue weighted by Gasteiger charge is -2.17. The minimum Gasteiger partial charge on any atom is -0.460 e. The van der Waals surface area contributed by atoms with Gasteiger partial charge in [-0.15, -0.1) is 0 Å². The van der Waals surface area contributed by atoms with Gasteiger partial charge in [0.1, 0.15) is 11.5 Å². The molecule has 1 saturated heterocycles. The molecule has 1 aromatic heterocycles. The van der Waals surface area contributed by atoms with Gasteiger partial charge in [0, 0.05) is 34.9 Å². The SMILES string of the molecule is CN(CC(=O)Nc1ccc(N2CCCC2=O)cc1)Cc1ccc(-c2ccc(Cl)cc2)o1. The van der Waals surface area contributed by atoms with Gasteiger partial charge in [0.2, 0.25) is 11.8 Å². The third-order valence-corrected chi connectivity index (χ3v) is 5.42. The fourth-order valence-corrected chi connectivity index (χ4v) is 3.77. The van der Waals surface area contributed by atoms with Crippen LogP contribution in [0.3, 0.4) is 0 Å². The summed E-state index contributed by atoms with van der Waals surface area (Å²) in [7, 11) is 1.87. The van der Waals surface area contributed by atoms with Gasteiger partial charge in [-0.2, -0.15) is 0 Å². The molecule has 2 aromatic carbocycles. The molecule has 0 radical (unpaired) electrons. The van der Waals surface area contributed by atoms with Gasteiger partial charge in [-0.3, -0.25) is 14.5 Å². The third kappa shape index (κ3) is 5.34. The molecule has 2 heterocycles. The molecule has 31 heavy (non-hydrogen) atoms. The number of nitrogens with zero attached hydrogens (tertiary/aromatic N) is 2. The summed E-state index contributed by atoms with van der Waals surface area (Å²) in [6.07, 6.45) is 1.49. The highest BCUT2D eigenvalue weighted by molar-refractivity contribution is 6.30. The van der Waals surface area contributed by atoms with Crippen molar-refractivity contribution in [3.8, 4) is 11.3 Å². The topological polar surface area (TPSA) is 65.8 Å². The van der Waals surface area contributed by atoms with Crippen molar-refractivity contribution >= 4 is 34.8 Å². The Morgan fingerprint density at radius 2 is 1.84 bits per heavy atom. The summed E-state index contributed by atoms with van der Waals surface area (Å²) < 4.78 is 5.90. The summed E-state index contributed by atoms with van der Waals surface area (Å²) in [5.41, 5.74) is 2.53. The summed E-state index contributed by atoms with van der Waals surface area (Å²) in [5.74, 6) is 1.58. The van der Waals surface area contributed by atoms with Crippen LogP contribution in [0.4, 0.5) is 11.4 Å². The van der Waals surface area contributed by atoms with Crippen molar-refractivity contribution in [2.75, 3.05) is 30.4 Å². The highest BCUT2D eigenvalue weighted by Crippen LogP contribution is 2.25. The number of hydrogen-bond acceptors (Lipinski definition) is 4. The zero-order valence-corrected chi connectivity index (χ0v) is 18.1. The van der Waals surface area contributed by atoms with Gasteiger partial charge in [-0.05, 0) is 74.1 Å². The first-order chi connectivity index (χ1) is 15.0. The average molecular weight is 438 g/mol. The molecule has 1 N–H and O–H groups in total. The molecule has 0 aliphatic carbocycles. The molecule has 0 spiro atoms. The number of carbonyl (C=O) groups excluding carboxylic acids is 2. The van der Waals surface area contributed by atoms with Gasteiger partial charge in [0.25, 0.3) is 0 Å². The molecule has 2 amide bonds. The van der Waals surface area contributed by atoms with E-state index in [9.17, 15) is 9.59 Å². The monoisotopic (exact) mass is 437 g/mol. The van der Waals surface area contributed by atoms with Crippen molar-refractivity contribution < 1.29 is 14.0 Å². The third-order valence-electron chi connectivity index (χ3n) is 5.17. The summed E-state index contributed by atoms with van der Waals surface area (Å²) in [6, 6.07) is 18.7. The first-order valence-corrected chi connectivity index (χ1v) is 10.6. The maximum atomic E-state index is 12.4. The molecule has 7 heteroatoms. The van der Waals surface area contributed by atoms with E-state index in [4.69, 9.17) is 16.0 Å². The van der Waals surface area contributed by atoms with Crippen molar-refractivity contribution in [1.82, 2.24) is 4.90 Å². The minimum atomic E-state index is -0.114. The van der Waals surface area contributed by atoms with E-state index in [1.807, 2.05) is 72.6 Å². The molecule has 0 atom stereocenters. The second kappa shape index (κ2) is 9.37. The van der Waals surface area contributed by atoms with Crippen molar-refractivity contribution in [1.29, 1.82) is 0 Å². The molecular weight excluding hydrogens is 414 g/mol. The number of rotatable bonds is 7. The summed E-state index contributed by atoms with van der Waals surface area (Å²) in [6.45, 7) is 1.49. The Morgan fingerprint density at radius 1 is 1.10 bits per heavy atom. The molecule has 160 valence electrons. The normalized spacial score (nSPS) is 13.8. The number of hydrogen-bond donors (Lipinski definition) is 1. The summed E-state index contributed by atoms with van der Waals surface area (Å²) in [5, 5.41) is 3.58. The van der Waals surface area contributed by atoms with Crippen molar-refractivity contribution in [2.45, 2.75) is 19.4 Å². The number of benzene rings is 2. The molecule has 6 nitrogen and oxygen atoms in total. The van der Waals surface area contributed by atoms with E-state index in [1.165, 1.54) is 0 Å². The number of nitrogens with one attached hydrogen (secondary N) is 1. The standard InChI is InChI=1S/C24H24ClN3O3/c1-27(15-21-12-13-22(31-21)17-4-6-18(25)7-5-17)16-23(29)26-19-8-10-20(11-9-19)28-14-2-3-24(28)30/h4-13H,2-3,14-16H2,1H3,(H,26,29). The van der Waals surface area contributed by atoms with Crippen LogP contribution < -0.4 is 10.2 Å². The Hall–Kier alpha value is -3.09. The summed E-state index contributed by atoms with van der Waals surface area (Å²) in [4.78, 5) is 27.9. The Balaban J connectivity index is 1.29. The van der Waals surface area contributed by atoms with Crippen LogP contribution in [0.2, 0.25) is 5.02 Å². The van der Waals surface area contributed by atoms with Crippen LogP contribution in [0.1, 0.15) is 18.6 Å². The van der Waals surface area contributed by atoms with Crippen LogP contribution in [-0.4, -0.2) is 36.9 Å². The Kier molecular flexibility index (Phi) is 6.39. The van der Waals surface area contributed by atoms with Crippen LogP contribution >= 0.6 is 11.6 Å². The first kappa shape index (κ1) is 21.2. The van der Waals surface area contributed by atoms with E-state index >= 15 is 0 Å². The van der Waals surface area contributed by atoms with E-state index in [0.29, 0.717) is 23.7 Å². The molecule has 1 fully saturated rings. The van der Waals surface area contributed by atoms with Gasteiger partial charge >= 0.3 is 0 Å². The summed E-state index contributed by atoms with van der Waals surface area (Å²) >= 11 is 5.93. The minimum absolute atomic E-state index is 0.114. The second-order valence-electron chi connectivity index (χ2n) is 7.69. The maximum absolute atomic E-state index is 12.4. The van der Waals surface area contributed by atoms with Crippen LogP contribution in [0.25, 0.3) is 11.3 Å². The lowest BCUT2D eigenvalue weighted by Crippen LogP contribution is -2.29. The number of amides is 2. The number of carbonyl (C=O) groups is 2. The predicted molar refractivity (Wildman–Crippen MR) is 122 cm³/mol. The highest BCUT2D eigenvalue weighted by Gasteiger charge is 2.21. The Morgan fingerprint density at radius 3 is 2.52 bits per heavy atom. The van der Waals surface area contributed by atoms with Crippen LogP contribution in [-0.2, 0) is 16.1 Å². The average Bonchev–Trinajstić information content (AvgIpc) is 3.38. The van der Waals surface area contributed by atoms with E-state index in [2.05, 4.69) is 5.32 Å². The Bertz CT molecular complexity index is 1060. The van der Waals surface area contributed by atoms with Gasteiger partial charge in [-0.25, -0.2) is 0 Å². The largest absolute Gasteiger partial charge is 0.460 e. The van der Waals surface area contributed by atoms with Crippen LogP contribution in [0.15, 0.2) is 65.1 Å². The molecule has 0 saturated carbocycles.